The van der Waals surface area contributed by atoms with E-state index in [1.54, 1.807) is 0 Å². The van der Waals surface area contributed by atoms with Crippen LogP contribution < -0.4 is 4.74 Å². The van der Waals surface area contributed by atoms with Crippen LogP contribution in [-0.4, -0.2) is 0 Å². The number of hydrogen-bond acceptors (Lipinski definition) is 1. The molecule has 0 radical (unpaired) electrons. The maximum absolute atomic E-state index is 6.83. The number of hydrogen-bond donors (Lipinski definition) is 0. The van der Waals surface area contributed by atoms with E-state index in [-0.39, 0.29) is 0 Å². The van der Waals surface area contributed by atoms with Gasteiger partial charge in [-0.15, -0.1) is 0 Å². The van der Waals surface area contributed by atoms with E-state index in [0.717, 1.165) is 16.9 Å². The molecule has 1 aliphatic rings. The second-order valence-electron chi connectivity index (χ2n) is 9.69. The van der Waals surface area contributed by atoms with E-state index in [1.807, 2.05) is 0 Å². The van der Waals surface area contributed by atoms with Crippen LogP contribution in [0, 0.1) is 0 Å². The van der Waals surface area contributed by atoms with E-state index in [4.69, 9.17) is 4.74 Å². The normalized spacial score (nSPS) is 14.0. The molecule has 36 heavy (non-hydrogen) atoms. The van der Waals surface area contributed by atoms with Crippen molar-refractivity contribution in [3.63, 3.8) is 0 Å². The lowest BCUT2D eigenvalue weighted by Gasteiger charge is -2.42. The first-order valence-corrected chi connectivity index (χ1v) is 12.4. The summed E-state index contributed by atoms with van der Waals surface area (Å²) in [5.74, 6) is 1.86. The molecule has 8 rings (SSSR count). The molecule has 168 valence electrons. The van der Waals surface area contributed by atoms with Crippen LogP contribution in [0.15, 0.2) is 133 Å². The molecule has 1 nitrogen and oxygen atoms in total. The lowest BCUT2D eigenvalue weighted by atomic mass is 9.63. The third-order valence-electron chi connectivity index (χ3n) is 7.92. The Labute approximate surface area is 209 Å². The summed E-state index contributed by atoms with van der Waals surface area (Å²) in [5.41, 5.74) is 4.33. The highest BCUT2D eigenvalue weighted by Gasteiger charge is 2.46. The van der Waals surface area contributed by atoms with Crippen molar-refractivity contribution in [1.29, 1.82) is 0 Å². The lowest BCUT2D eigenvalue weighted by molar-refractivity contribution is 0.440. The van der Waals surface area contributed by atoms with Gasteiger partial charge in [0.15, 0.2) is 0 Å². The Kier molecular flexibility index (Phi) is 3.93. The van der Waals surface area contributed by atoms with Crippen LogP contribution in [0.4, 0.5) is 0 Å². The number of ether oxygens (including phenoxy) is 1. The Morgan fingerprint density at radius 3 is 1.78 bits per heavy atom. The largest absolute Gasteiger partial charge is 0.456 e. The van der Waals surface area contributed by atoms with Gasteiger partial charge in [-0.05, 0) is 50.9 Å². The second-order valence-corrected chi connectivity index (χ2v) is 9.69. The lowest BCUT2D eigenvalue weighted by Crippen LogP contribution is -2.34. The standard InChI is InChI=1S/C35H22O/c1-3-12-26(13-4-1)35(27-14-5-2-6-15-27)29-16-7-8-17-31(29)36-34-28-21-20-24-11-9-10-23-18-19-25(22-30(34)35)33(28)32(23)24/h1-22H. The molecular formula is C35H22O. The van der Waals surface area contributed by atoms with Gasteiger partial charge >= 0.3 is 0 Å². The molecule has 1 heteroatoms. The van der Waals surface area contributed by atoms with Crippen LogP contribution in [0.5, 0.6) is 11.5 Å². The molecule has 0 saturated carbocycles. The van der Waals surface area contributed by atoms with Crippen LogP contribution >= 0.6 is 0 Å². The fraction of sp³-hybridized carbons (Fsp3) is 0.0286. The number of benzene rings is 7. The average molecular weight is 459 g/mol. The van der Waals surface area contributed by atoms with Gasteiger partial charge in [-0.3, -0.25) is 0 Å². The molecule has 0 N–H and O–H groups in total. The molecule has 1 heterocycles. The monoisotopic (exact) mass is 458 g/mol. The maximum Gasteiger partial charge on any atom is 0.140 e. The van der Waals surface area contributed by atoms with E-state index in [1.165, 1.54) is 49.2 Å². The Hall–Kier alpha value is -4.62. The molecule has 0 atom stereocenters. The van der Waals surface area contributed by atoms with Crippen molar-refractivity contribution in [2.75, 3.05) is 0 Å². The summed E-state index contributed by atoms with van der Waals surface area (Å²) in [5, 5.41) is 7.52. The van der Waals surface area contributed by atoms with Crippen LogP contribution in [0.1, 0.15) is 22.3 Å². The van der Waals surface area contributed by atoms with Crippen molar-refractivity contribution in [3.8, 4) is 11.5 Å². The van der Waals surface area contributed by atoms with Crippen LogP contribution in [0.2, 0.25) is 0 Å². The summed E-state index contributed by atoms with van der Waals surface area (Å²) in [6, 6.07) is 48.2. The van der Waals surface area contributed by atoms with Crippen molar-refractivity contribution >= 4 is 32.3 Å². The smallest absolute Gasteiger partial charge is 0.140 e. The maximum atomic E-state index is 6.83. The van der Waals surface area contributed by atoms with Crippen molar-refractivity contribution in [1.82, 2.24) is 0 Å². The Morgan fingerprint density at radius 1 is 0.444 bits per heavy atom. The summed E-state index contributed by atoms with van der Waals surface area (Å²) in [4.78, 5) is 0. The minimum atomic E-state index is -0.503. The minimum Gasteiger partial charge on any atom is -0.456 e. The molecule has 0 bridgehead atoms. The van der Waals surface area contributed by atoms with Crippen molar-refractivity contribution in [3.05, 3.63) is 156 Å². The van der Waals surface area contributed by atoms with Crippen LogP contribution in [-0.2, 0) is 5.41 Å². The van der Waals surface area contributed by atoms with Crippen LogP contribution in [0.3, 0.4) is 0 Å². The first-order valence-electron chi connectivity index (χ1n) is 12.4. The van der Waals surface area contributed by atoms with Crippen LogP contribution in [0.25, 0.3) is 32.3 Å². The molecule has 0 saturated heterocycles. The fourth-order valence-electron chi connectivity index (χ4n) is 6.46. The predicted octanol–water partition coefficient (Wildman–Crippen LogP) is 9.07. The zero-order valence-electron chi connectivity index (χ0n) is 19.6. The highest BCUT2D eigenvalue weighted by molar-refractivity contribution is 6.24. The van der Waals surface area contributed by atoms with E-state index < -0.39 is 5.41 Å². The van der Waals surface area contributed by atoms with Gasteiger partial charge < -0.3 is 4.74 Å². The summed E-state index contributed by atoms with van der Waals surface area (Å²) in [6.07, 6.45) is 0. The topological polar surface area (TPSA) is 9.23 Å². The summed E-state index contributed by atoms with van der Waals surface area (Å²) < 4.78 is 6.83. The molecular weight excluding hydrogens is 436 g/mol. The third-order valence-corrected chi connectivity index (χ3v) is 7.92. The van der Waals surface area contributed by atoms with Gasteiger partial charge in [0.25, 0.3) is 0 Å². The fourth-order valence-corrected chi connectivity index (χ4v) is 6.46. The van der Waals surface area contributed by atoms with Crippen molar-refractivity contribution in [2.45, 2.75) is 5.41 Å². The van der Waals surface area contributed by atoms with Gasteiger partial charge in [-0.2, -0.15) is 0 Å². The Balaban J connectivity index is 1.61. The quantitative estimate of drug-likeness (QED) is 0.235. The van der Waals surface area contributed by atoms with E-state index in [2.05, 4.69) is 133 Å². The zero-order valence-corrected chi connectivity index (χ0v) is 19.6. The second kappa shape index (κ2) is 7.19. The van der Waals surface area contributed by atoms with Gasteiger partial charge in [0.1, 0.15) is 11.5 Å². The van der Waals surface area contributed by atoms with E-state index >= 15 is 0 Å². The minimum absolute atomic E-state index is 0.503. The van der Waals surface area contributed by atoms with Gasteiger partial charge in [0.05, 0.1) is 5.41 Å². The van der Waals surface area contributed by atoms with Crippen molar-refractivity contribution < 1.29 is 4.74 Å². The SMILES string of the molecule is c1ccc(C2(c3ccccc3)c3ccccc3Oc3c2cc2ccc4cccc5ccc3c2c45)cc1. The molecule has 0 fully saturated rings. The predicted molar refractivity (Wildman–Crippen MR) is 149 cm³/mol. The molecule has 0 aliphatic carbocycles. The zero-order chi connectivity index (χ0) is 23.7. The average Bonchev–Trinajstić information content (AvgIpc) is 2.95. The highest BCUT2D eigenvalue weighted by atomic mass is 16.5. The van der Waals surface area contributed by atoms with Gasteiger partial charge in [0, 0.05) is 21.9 Å². The molecule has 7 aromatic rings. The summed E-state index contributed by atoms with van der Waals surface area (Å²) >= 11 is 0. The first-order chi connectivity index (χ1) is 17.9. The van der Waals surface area contributed by atoms with Gasteiger partial charge in [0.2, 0.25) is 0 Å². The molecule has 1 aliphatic heterocycles. The van der Waals surface area contributed by atoms with E-state index in [9.17, 15) is 0 Å². The Morgan fingerprint density at radius 2 is 1.06 bits per heavy atom. The van der Waals surface area contributed by atoms with Crippen molar-refractivity contribution in [2.24, 2.45) is 0 Å². The molecule has 0 amide bonds. The molecule has 0 aromatic heterocycles. The summed E-state index contributed by atoms with van der Waals surface area (Å²) in [7, 11) is 0. The Bertz CT molecular complexity index is 1850. The molecule has 7 aromatic carbocycles. The van der Waals surface area contributed by atoms with E-state index in [0.29, 0.717) is 0 Å². The number of fused-ring (bicyclic) bond motifs is 3. The molecule has 0 spiro atoms. The van der Waals surface area contributed by atoms with Gasteiger partial charge in [-0.25, -0.2) is 0 Å². The third kappa shape index (κ3) is 2.44. The molecule has 0 unspecified atom stereocenters. The first kappa shape index (κ1) is 19.7. The summed E-state index contributed by atoms with van der Waals surface area (Å²) in [6.45, 7) is 0. The number of rotatable bonds is 2. The highest BCUT2D eigenvalue weighted by Crippen LogP contribution is 2.58. The number of para-hydroxylation sites is 1. The van der Waals surface area contributed by atoms with Gasteiger partial charge in [-0.1, -0.05) is 115 Å².